The minimum atomic E-state index is -0.281. The molecule has 6 heteroatoms. The van der Waals surface area contributed by atoms with Crippen LogP contribution in [0.3, 0.4) is 0 Å². The highest BCUT2D eigenvalue weighted by Crippen LogP contribution is 2.29. The van der Waals surface area contributed by atoms with Crippen LogP contribution in [0, 0.1) is 0 Å². The highest BCUT2D eigenvalue weighted by molar-refractivity contribution is 6.05. The Morgan fingerprint density at radius 2 is 1.72 bits per heavy atom. The molecule has 0 unspecified atom stereocenters. The number of pyridine rings is 1. The van der Waals surface area contributed by atoms with Gasteiger partial charge < -0.3 is 20.1 Å². The van der Waals surface area contributed by atoms with Crippen molar-refractivity contribution in [2.45, 2.75) is 19.8 Å². The second-order valence-corrected chi connectivity index (χ2v) is 6.85. The predicted molar refractivity (Wildman–Crippen MR) is 116 cm³/mol. The Morgan fingerprint density at radius 3 is 2.31 bits per heavy atom. The van der Waals surface area contributed by atoms with Crippen LogP contribution in [-0.4, -0.2) is 25.1 Å². The first kappa shape index (κ1) is 20.2. The maximum absolute atomic E-state index is 12.6. The second-order valence-electron chi connectivity index (χ2n) is 6.85. The van der Waals surface area contributed by atoms with E-state index >= 15 is 0 Å². The van der Waals surface area contributed by atoms with E-state index in [1.807, 2.05) is 12.1 Å². The molecule has 3 rings (SSSR count). The molecule has 0 aliphatic carbocycles. The summed E-state index contributed by atoms with van der Waals surface area (Å²) in [4.78, 5) is 16.9. The Balaban J connectivity index is 1.69. The van der Waals surface area contributed by atoms with Crippen LogP contribution in [0.1, 0.15) is 35.7 Å². The molecular formula is C23H25N3O3. The summed E-state index contributed by atoms with van der Waals surface area (Å²) >= 11 is 0. The smallest absolute Gasteiger partial charge is 0.257 e. The van der Waals surface area contributed by atoms with Crippen LogP contribution in [0.2, 0.25) is 0 Å². The standard InChI is InChI=1S/C23H25N3O3/c1-15(2)16-5-8-18(9-6-16)25-22-12-7-17(14-24-22)23(27)26-20-13-19(28-3)10-11-21(20)29-4/h5-15H,1-4H3,(H,24,25)(H,26,27). The van der Waals surface area contributed by atoms with Crippen molar-refractivity contribution < 1.29 is 14.3 Å². The van der Waals surface area contributed by atoms with Gasteiger partial charge in [-0.3, -0.25) is 4.79 Å². The largest absolute Gasteiger partial charge is 0.497 e. The monoisotopic (exact) mass is 391 g/mol. The Bertz CT molecular complexity index is 968. The van der Waals surface area contributed by atoms with Gasteiger partial charge in [-0.15, -0.1) is 0 Å². The third-order valence-corrected chi connectivity index (χ3v) is 4.53. The molecular weight excluding hydrogens is 366 g/mol. The number of hydrogen-bond donors (Lipinski definition) is 2. The van der Waals surface area contributed by atoms with E-state index in [1.54, 1.807) is 44.6 Å². The molecule has 0 saturated carbocycles. The van der Waals surface area contributed by atoms with Crippen LogP contribution < -0.4 is 20.1 Å². The van der Waals surface area contributed by atoms with E-state index in [2.05, 4.69) is 41.6 Å². The van der Waals surface area contributed by atoms with Crippen molar-refractivity contribution in [2.75, 3.05) is 24.9 Å². The Labute approximate surface area is 170 Å². The van der Waals surface area contributed by atoms with E-state index in [9.17, 15) is 4.79 Å². The average Bonchev–Trinajstić information content (AvgIpc) is 2.74. The molecule has 0 bridgehead atoms. The summed E-state index contributed by atoms with van der Waals surface area (Å²) in [6, 6.07) is 16.9. The normalized spacial score (nSPS) is 10.5. The van der Waals surface area contributed by atoms with Gasteiger partial charge in [-0.2, -0.15) is 0 Å². The lowest BCUT2D eigenvalue weighted by Gasteiger charge is -2.12. The van der Waals surface area contributed by atoms with Gasteiger partial charge in [-0.05, 0) is 47.9 Å². The summed E-state index contributed by atoms with van der Waals surface area (Å²) < 4.78 is 10.5. The number of nitrogens with one attached hydrogen (secondary N) is 2. The molecule has 2 N–H and O–H groups in total. The third kappa shape index (κ3) is 5.04. The fraction of sp³-hybridized carbons (Fsp3) is 0.217. The van der Waals surface area contributed by atoms with Crippen molar-refractivity contribution in [1.82, 2.24) is 4.98 Å². The van der Waals surface area contributed by atoms with Gasteiger partial charge in [0.2, 0.25) is 0 Å². The number of rotatable bonds is 7. The molecule has 1 amide bonds. The van der Waals surface area contributed by atoms with Crippen LogP contribution in [0.5, 0.6) is 11.5 Å². The minimum absolute atomic E-state index is 0.281. The second kappa shape index (κ2) is 9.10. The maximum atomic E-state index is 12.6. The summed E-state index contributed by atoms with van der Waals surface area (Å²) in [6.45, 7) is 4.32. The average molecular weight is 391 g/mol. The lowest BCUT2D eigenvalue weighted by Crippen LogP contribution is -2.13. The van der Waals surface area contributed by atoms with Crippen molar-refractivity contribution in [3.63, 3.8) is 0 Å². The highest BCUT2D eigenvalue weighted by atomic mass is 16.5. The van der Waals surface area contributed by atoms with Crippen LogP contribution in [-0.2, 0) is 0 Å². The zero-order valence-corrected chi connectivity index (χ0v) is 17.0. The first-order valence-electron chi connectivity index (χ1n) is 9.36. The van der Waals surface area contributed by atoms with Gasteiger partial charge in [0.25, 0.3) is 5.91 Å². The number of aromatic nitrogens is 1. The van der Waals surface area contributed by atoms with E-state index in [0.29, 0.717) is 34.5 Å². The van der Waals surface area contributed by atoms with Crippen LogP contribution in [0.15, 0.2) is 60.8 Å². The molecule has 0 atom stereocenters. The van der Waals surface area contributed by atoms with Gasteiger partial charge in [-0.1, -0.05) is 26.0 Å². The Kier molecular flexibility index (Phi) is 6.34. The van der Waals surface area contributed by atoms with Gasteiger partial charge in [0.05, 0.1) is 25.5 Å². The molecule has 3 aromatic rings. The first-order chi connectivity index (χ1) is 14.0. The zero-order chi connectivity index (χ0) is 20.8. The van der Waals surface area contributed by atoms with Crippen LogP contribution >= 0.6 is 0 Å². The number of ether oxygens (including phenoxy) is 2. The lowest BCUT2D eigenvalue weighted by atomic mass is 10.0. The molecule has 1 aromatic heterocycles. The predicted octanol–water partition coefficient (Wildman–Crippen LogP) is 5.22. The van der Waals surface area contributed by atoms with Crippen molar-refractivity contribution in [3.8, 4) is 11.5 Å². The number of hydrogen-bond acceptors (Lipinski definition) is 5. The fourth-order valence-corrected chi connectivity index (χ4v) is 2.81. The molecule has 0 radical (unpaired) electrons. The van der Waals surface area contributed by atoms with Crippen molar-refractivity contribution in [3.05, 3.63) is 71.9 Å². The third-order valence-electron chi connectivity index (χ3n) is 4.53. The number of carbonyl (C=O) groups is 1. The summed E-state index contributed by atoms with van der Waals surface area (Å²) in [5, 5.41) is 6.07. The summed E-state index contributed by atoms with van der Waals surface area (Å²) in [7, 11) is 3.12. The minimum Gasteiger partial charge on any atom is -0.497 e. The van der Waals surface area contributed by atoms with Gasteiger partial charge >= 0.3 is 0 Å². The maximum Gasteiger partial charge on any atom is 0.257 e. The highest BCUT2D eigenvalue weighted by Gasteiger charge is 2.12. The van der Waals surface area contributed by atoms with Crippen LogP contribution in [0.25, 0.3) is 0 Å². The quantitative estimate of drug-likeness (QED) is 0.578. The number of amides is 1. The van der Waals surface area contributed by atoms with E-state index in [1.165, 1.54) is 11.8 Å². The topological polar surface area (TPSA) is 72.5 Å². The van der Waals surface area contributed by atoms with Gasteiger partial charge in [0, 0.05) is 18.0 Å². The van der Waals surface area contributed by atoms with E-state index in [-0.39, 0.29) is 5.91 Å². The van der Waals surface area contributed by atoms with E-state index in [0.717, 1.165) is 5.69 Å². The molecule has 0 aliphatic rings. The molecule has 0 aliphatic heterocycles. The number of methoxy groups -OCH3 is 2. The molecule has 0 saturated heterocycles. The number of anilines is 3. The molecule has 1 heterocycles. The van der Waals surface area contributed by atoms with Crippen molar-refractivity contribution in [2.24, 2.45) is 0 Å². The van der Waals surface area contributed by atoms with Gasteiger partial charge in [0.1, 0.15) is 17.3 Å². The molecule has 0 fully saturated rings. The molecule has 0 spiro atoms. The van der Waals surface area contributed by atoms with Crippen LogP contribution in [0.4, 0.5) is 17.2 Å². The molecule has 6 nitrogen and oxygen atoms in total. The van der Waals surface area contributed by atoms with E-state index < -0.39 is 0 Å². The first-order valence-corrected chi connectivity index (χ1v) is 9.36. The SMILES string of the molecule is COc1ccc(OC)c(NC(=O)c2ccc(Nc3ccc(C(C)C)cc3)nc2)c1. The van der Waals surface area contributed by atoms with Crippen molar-refractivity contribution in [1.29, 1.82) is 0 Å². The Hall–Kier alpha value is -3.54. The summed E-state index contributed by atoms with van der Waals surface area (Å²) in [5.74, 6) is 2.05. The summed E-state index contributed by atoms with van der Waals surface area (Å²) in [6.07, 6.45) is 1.53. The lowest BCUT2D eigenvalue weighted by molar-refractivity contribution is 0.102. The Morgan fingerprint density at radius 1 is 0.966 bits per heavy atom. The number of carbonyl (C=O) groups excluding carboxylic acids is 1. The molecule has 29 heavy (non-hydrogen) atoms. The zero-order valence-electron chi connectivity index (χ0n) is 17.0. The van der Waals surface area contributed by atoms with Gasteiger partial charge in [-0.25, -0.2) is 4.98 Å². The number of nitrogens with zero attached hydrogens (tertiary/aromatic N) is 1. The molecule has 150 valence electrons. The van der Waals surface area contributed by atoms with Gasteiger partial charge in [0.15, 0.2) is 0 Å². The molecule has 2 aromatic carbocycles. The fourth-order valence-electron chi connectivity index (χ4n) is 2.81. The number of benzene rings is 2. The van der Waals surface area contributed by atoms with E-state index in [4.69, 9.17) is 9.47 Å². The summed E-state index contributed by atoms with van der Waals surface area (Å²) in [5.41, 5.74) is 3.20. The van der Waals surface area contributed by atoms with Crippen molar-refractivity contribution >= 4 is 23.1 Å².